The number of alkyl halides is 2. The molecule has 2 heteroatoms. The molecule has 3 rings (SSSR count). The van der Waals surface area contributed by atoms with Gasteiger partial charge in [-0.25, -0.2) is 0 Å². The van der Waals surface area contributed by atoms with Gasteiger partial charge < -0.3 is 0 Å². The number of rotatable bonds is 1. The Hall–Kier alpha value is -1.24. The summed E-state index contributed by atoms with van der Waals surface area (Å²) in [6.07, 6.45) is 2.06. The van der Waals surface area contributed by atoms with Crippen molar-refractivity contribution in [2.45, 2.75) is 4.33 Å². The fraction of sp³-hybridized carbons (Fsp3) is 0.0667. The quantitative estimate of drug-likeness (QED) is 0.642. The van der Waals surface area contributed by atoms with E-state index in [0.29, 0.717) is 0 Å². The Kier molecular flexibility index (Phi) is 2.50. The van der Waals surface area contributed by atoms with E-state index in [2.05, 4.69) is 6.08 Å². The van der Waals surface area contributed by atoms with E-state index in [4.69, 9.17) is 23.2 Å². The fourth-order valence-electron chi connectivity index (χ4n) is 2.18. The monoisotopic (exact) mass is 260 g/mol. The van der Waals surface area contributed by atoms with Crippen LogP contribution in [0.15, 0.2) is 54.6 Å². The summed E-state index contributed by atoms with van der Waals surface area (Å²) in [5, 5.41) is 0. The summed E-state index contributed by atoms with van der Waals surface area (Å²) in [5.74, 6) is 0. The molecule has 0 fully saturated rings. The molecular formula is C15H10Cl2. The van der Waals surface area contributed by atoms with Crippen molar-refractivity contribution in [3.8, 4) is 0 Å². The van der Waals surface area contributed by atoms with Crippen LogP contribution in [0.1, 0.15) is 16.7 Å². The first-order valence-corrected chi connectivity index (χ1v) is 6.20. The molecule has 0 radical (unpaired) electrons. The maximum absolute atomic E-state index is 6.50. The van der Waals surface area contributed by atoms with Crippen LogP contribution in [0.5, 0.6) is 0 Å². The summed E-state index contributed by atoms with van der Waals surface area (Å²) in [4.78, 5) is 0. The first-order chi connectivity index (χ1) is 8.19. The Bertz CT molecular complexity index is 583. The highest BCUT2D eigenvalue weighted by Crippen LogP contribution is 2.52. The first kappa shape index (κ1) is 10.9. The molecule has 1 aliphatic carbocycles. The average Bonchev–Trinajstić information content (AvgIpc) is 2.63. The SMILES string of the molecule is ClC1(Cl)C(c2ccccc2)=Cc2ccccc21. The van der Waals surface area contributed by atoms with Crippen molar-refractivity contribution in [2.75, 3.05) is 0 Å². The Morgan fingerprint density at radius 2 is 1.41 bits per heavy atom. The third-order valence-corrected chi connectivity index (χ3v) is 3.84. The van der Waals surface area contributed by atoms with Crippen LogP contribution < -0.4 is 0 Å². The molecule has 0 N–H and O–H groups in total. The third kappa shape index (κ3) is 1.69. The highest BCUT2D eigenvalue weighted by Gasteiger charge is 2.38. The highest BCUT2D eigenvalue weighted by molar-refractivity contribution is 6.55. The fourth-order valence-corrected chi connectivity index (χ4v) is 2.85. The lowest BCUT2D eigenvalue weighted by Gasteiger charge is -2.19. The van der Waals surface area contributed by atoms with Gasteiger partial charge in [0.1, 0.15) is 0 Å². The van der Waals surface area contributed by atoms with Crippen molar-refractivity contribution in [3.63, 3.8) is 0 Å². The van der Waals surface area contributed by atoms with Crippen LogP contribution >= 0.6 is 23.2 Å². The van der Waals surface area contributed by atoms with Crippen molar-refractivity contribution in [3.05, 3.63) is 71.3 Å². The smallest absolute Gasteiger partial charge is 0.0909 e. The molecule has 2 aromatic carbocycles. The van der Waals surface area contributed by atoms with E-state index >= 15 is 0 Å². The van der Waals surface area contributed by atoms with Crippen LogP contribution in [-0.4, -0.2) is 0 Å². The zero-order valence-corrected chi connectivity index (χ0v) is 10.5. The van der Waals surface area contributed by atoms with Gasteiger partial charge in [-0.15, -0.1) is 0 Å². The Morgan fingerprint density at radius 3 is 2.12 bits per heavy atom. The molecule has 1 aliphatic rings. The molecule has 0 atom stereocenters. The maximum atomic E-state index is 6.50. The molecule has 2 aromatic rings. The molecule has 0 aliphatic heterocycles. The van der Waals surface area contributed by atoms with E-state index in [-0.39, 0.29) is 0 Å². The zero-order chi connectivity index (χ0) is 11.9. The number of fused-ring (bicyclic) bond motifs is 1. The second kappa shape index (κ2) is 3.90. The molecular weight excluding hydrogens is 251 g/mol. The molecule has 0 saturated carbocycles. The number of halogens is 2. The van der Waals surface area contributed by atoms with Gasteiger partial charge in [0, 0.05) is 5.57 Å². The first-order valence-electron chi connectivity index (χ1n) is 5.44. The molecule has 0 unspecified atom stereocenters. The van der Waals surface area contributed by atoms with Crippen LogP contribution in [0, 0.1) is 0 Å². The van der Waals surface area contributed by atoms with Crippen molar-refractivity contribution in [1.29, 1.82) is 0 Å². The molecule has 0 saturated heterocycles. The van der Waals surface area contributed by atoms with Crippen molar-refractivity contribution >= 4 is 34.9 Å². The van der Waals surface area contributed by atoms with E-state index in [9.17, 15) is 0 Å². The number of benzene rings is 2. The van der Waals surface area contributed by atoms with Gasteiger partial charge in [-0.1, -0.05) is 77.8 Å². The van der Waals surface area contributed by atoms with Gasteiger partial charge in [0.25, 0.3) is 0 Å². The maximum Gasteiger partial charge on any atom is 0.169 e. The summed E-state index contributed by atoms with van der Waals surface area (Å²) in [5.41, 5.74) is 4.06. The molecule has 84 valence electrons. The van der Waals surface area contributed by atoms with Gasteiger partial charge in [-0.3, -0.25) is 0 Å². The van der Waals surface area contributed by atoms with Crippen LogP contribution in [-0.2, 0) is 4.33 Å². The lowest BCUT2D eigenvalue weighted by atomic mass is 10.0. The lowest BCUT2D eigenvalue weighted by molar-refractivity contribution is 1.15. The van der Waals surface area contributed by atoms with Crippen LogP contribution in [0.25, 0.3) is 11.6 Å². The third-order valence-electron chi connectivity index (χ3n) is 3.02. The predicted molar refractivity (Wildman–Crippen MR) is 74.1 cm³/mol. The van der Waals surface area contributed by atoms with E-state index in [1.807, 2.05) is 54.6 Å². The van der Waals surface area contributed by atoms with Gasteiger partial charge in [-0.05, 0) is 22.8 Å². The van der Waals surface area contributed by atoms with Crippen LogP contribution in [0.3, 0.4) is 0 Å². The van der Waals surface area contributed by atoms with Gasteiger partial charge in [0.2, 0.25) is 0 Å². The lowest BCUT2D eigenvalue weighted by Crippen LogP contribution is -2.09. The number of hydrogen-bond donors (Lipinski definition) is 0. The van der Waals surface area contributed by atoms with Crippen molar-refractivity contribution in [1.82, 2.24) is 0 Å². The molecule has 0 heterocycles. The molecule has 0 bridgehead atoms. The second-order valence-electron chi connectivity index (χ2n) is 4.09. The Morgan fingerprint density at radius 1 is 0.765 bits per heavy atom. The summed E-state index contributed by atoms with van der Waals surface area (Å²) in [6, 6.07) is 18.0. The number of hydrogen-bond acceptors (Lipinski definition) is 0. The summed E-state index contributed by atoms with van der Waals surface area (Å²) in [7, 11) is 0. The average molecular weight is 261 g/mol. The standard InChI is InChI=1S/C15H10Cl2/c16-15(17)13-9-5-4-8-12(13)10-14(15)11-6-2-1-3-7-11/h1-10H. The minimum atomic E-state index is -0.946. The van der Waals surface area contributed by atoms with Gasteiger partial charge >= 0.3 is 0 Å². The number of allylic oxidation sites excluding steroid dienone is 1. The molecule has 17 heavy (non-hydrogen) atoms. The molecule has 0 aromatic heterocycles. The Balaban J connectivity index is 2.17. The minimum Gasteiger partial charge on any atom is -0.0909 e. The van der Waals surface area contributed by atoms with E-state index in [1.165, 1.54) is 0 Å². The molecule has 0 amide bonds. The van der Waals surface area contributed by atoms with E-state index in [0.717, 1.165) is 22.3 Å². The highest BCUT2D eigenvalue weighted by atomic mass is 35.5. The van der Waals surface area contributed by atoms with E-state index in [1.54, 1.807) is 0 Å². The van der Waals surface area contributed by atoms with Crippen molar-refractivity contribution < 1.29 is 0 Å². The second-order valence-corrected chi connectivity index (χ2v) is 5.41. The normalized spacial score (nSPS) is 16.5. The topological polar surface area (TPSA) is 0 Å². The summed E-state index contributed by atoms with van der Waals surface area (Å²) >= 11 is 13.0. The van der Waals surface area contributed by atoms with Gasteiger partial charge in [0.05, 0.1) is 0 Å². The van der Waals surface area contributed by atoms with Gasteiger partial charge in [-0.2, -0.15) is 0 Å². The summed E-state index contributed by atoms with van der Waals surface area (Å²) < 4.78 is -0.946. The molecule has 0 spiro atoms. The Labute approximate surface area is 110 Å². The minimum absolute atomic E-state index is 0.946. The largest absolute Gasteiger partial charge is 0.169 e. The van der Waals surface area contributed by atoms with Gasteiger partial charge in [0.15, 0.2) is 4.33 Å². The van der Waals surface area contributed by atoms with Crippen LogP contribution in [0.2, 0.25) is 0 Å². The van der Waals surface area contributed by atoms with Crippen LogP contribution in [0.4, 0.5) is 0 Å². The summed E-state index contributed by atoms with van der Waals surface area (Å²) in [6.45, 7) is 0. The molecule has 0 nitrogen and oxygen atoms in total. The van der Waals surface area contributed by atoms with E-state index < -0.39 is 4.33 Å². The zero-order valence-electron chi connectivity index (χ0n) is 9.03. The predicted octanol–water partition coefficient (Wildman–Crippen LogP) is 4.87. The van der Waals surface area contributed by atoms with Crippen molar-refractivity contribution in [2.24, 2.45) is 0 Å².